The zero-order valence-electron chi connectivity index (χ0n) is 8.53. The molecule has 2 N–H and O–H groups in total. The fraction of sp³-hybridized carbons (Fsp3) is 0.636. The van der Waals surface area contributed by atoms with Crippen LogP contribution in [-0.2, 0) is 10.2 Å². The van der Waals surface area contributed by atoms with Gasteiger partial charge in [0.1, 0.15) is 0 Å². The van der Waals surface area contributed by atoms with Crippen LogP contribution >= 0.6 is 11.3 Å². The smallest absolute Gasteiger partial charge is 0.0593 e. The Kier molecular flexibility index (Phi) is 2.91. The third-order valence-corrected chi connectivity index (χ3v) is 4.00. The lowest BCUT2D eigenvalue weighted by Crippen LogP contribution is -2.46. The Morgan fingerprint density at radius 1 is 1.64 bits per heavy atom. The van der Waals surface area contributed by atoms with Crippen LogP contribution in [0.1, 0.15) is 24.6 Å². The average molecular weight is 211 g/mol. The van der Waals surface area contributed by atoms with E-state index in [4.69, 9.17) is 10.5 Å². The van der Waals surface area contributed by atoms with Crippen molar-refractivity contribution in [3.05, 3.63) is 22.4 Å². The van der Waals surface area contributed by atoms with Gasteiger partial charge in [-0.05, 0) is 31.2 Å². The summed E-state index contributed by atoms with van der Waals surface area (Å²) in [6.45, 7) is 3.82. The second kappa shape index (κ2) is 4.01. The highest BCUT2D eigenvalue weighted by atomic mass is 32.1. The van der Waals surface area contributed by atoms with E-state index in [-0.39, 0.29) is 0 Å². The molecule has 0 bridgehead atoms. The maximum Gasteiger partial charge on any atom is 0.0593 e. The topological polar surface area (TPSA) is 35.2 Å². The molecule has 1 fully saturated rings. The Balaban J connectivity index is 2.03. The molecule has 78 valence electrons. The molecule has 0 aliphatic carbocycles. The normalized spacial score (nSPS) is 21.6. The number of nitrogens with two attached hydrogens (primary N) is 1. The first kappa shape index (κ1) is 10.1. The summed E-state index contributed by atoms with van der Waals surface area (Å²) in [5, 5.41) is 2.14. The molecule has 1 aromatic heterocycles. The van der Waals surface area contributed by atoms with Crippen molar-refractivity contribution in [3.63, 3.8) is 0 Å². The highest BCUT2D eigenvalue weighted by Crippen LogP contribution is 2.39. The first-order valence-electron chi connectivity index (χ1n) is 5.10. The zero-order valence-corrected chi connectivity index (χ0v) is 9.35. The van der Waals surface area contributed by atoms with E-state index in [2.05, 4.69) is 24.4 Å². The number of ether oxygens (including phenoxy) is 1. The molecule has 1 aromatic rings. The summed E-state index contributed by atoms with van der Waals surface area (Å²) in [6, 6.07) is 4.63. The number of rotatable bonds is 4. The molecular formula is C11H17NOS. The Labute approximate surface area is 89.1 Å². The molecule has 3 heteroatoms. The van der Waals surface area contributed by atoms with Crippen LogP contribution in [0.3, 0.4) is 0 Å². The first-order valence-corrected chi connectivity index (χ1v) is 5.98. The van der Waals surface area contributed by atoms with E-state index in [1.807, 2.05) is 11.3 Å². The fourth-order valence-corrected chi connectivity index (χ4v) is 2.77. The van der Waals surface area contributed by atoms with E-state index in [1.165, 1.54) is 4.88 Å². The highest BCUT2D eigenvalue weighted by molar-refractivity contribution is 7.10. The van der Waals surface area contributed by atoms with Crippen molar-refractivity contribution in [2.45, 2.75) is 31.2 Å². The van der Waals surface area contributed by atoms with Crippen molar-refractivity contribution in [1.29, 1.82) is 0 Å². The van der Waals surface area contributed by atoms with Gasteiger partial charge in [-0.25, -0.2) is 0 Å². The van der Waals surface area contributed by atoms with Crippen LogP contribution in [0.25, 0.3) is 0 Å². The lowest BCUT2D eigenvalue weighted by atomic mass is 9.79. The van der Waals surface area contributed by atoms with Crippen molar-refractivity contribution in [2.24, 2.45) is 5.73 Å². The maximum absolute atomic E-state index is 5.79. The predicted octanol–water partition coefficient (Wildman–Crippen LogP) is 2.14. The predicted molar refractivity (Wildman–Crippen MR) is 59.7 cm³/mol. The van der Waals surface area contributed by atoms with Crippen LogP contribution in [0.2, 0.25) is 0 Å². The average Bonchev–Trinajstić information content (AvgIpc) is 2.55. The van der Waals surface area contributed by atoms with Gasteiger partial charge >= 0.3 is 0 Å². The van der Waals surface area contributed by atoms with Crippen molar-refractivity contribution >= 4 is 11.3 Å². The minimum absolute atomic E-state index is 0.293. The largest absolute Gasteiger partial charge is 0.379 e. The van der Waals surface area contributed by atoms with Crippen LogP contribution in [0.15, 0.2) is 17.5 Å². The van der Waals surface area contributed by atoms with Gasteiger partial charge in [-0.1, -0.05) is 6.07 Å². The summed E-state index contributed by atoms with van der Waals surface area (Å²) in [4.78, 5) is 1.46. The molecule has 0 aromatic carbocycles. The minimum atomic E-state index is 0.293. The van der Waals surface area contributed by atoms with E-state index < -0.39 is 0 Å². The Morgan fingerprint density at radius 2 is 2.43 bits per heavy atom. The molecule has 2 rings (SSSR count). The van der Waals surface area contributed by atoms with Crippen molar-refractivity contribution in [1.82, 2.24) is 0 Å². The molecule has 2 nitrogen and oxygen atoms in total. The maximum atomic E-state index is 5.79. The monoisotopic (exact) mass is 211 g/mol. The first-order chi connectivity index (χ1) is 6.73. The van der Waals surface area contributed by atoms with Gasteiger partial charge in [0.05, 0.1) is 18.6 Å². The van der Waals surface area contributed by atoms with Crippen LogP contribution in [0.4, 0.5) is 0 Å². The van der Waals surface area contributed by atoms with E-state index in [1.54, 1.807) is 0 Å². The minimum Gasteiger partial charge on any atom is -0.379 e. The summed E-state index contributed by atoms with van der Waals surface area (Å²) in [5.41, 5.74) is 6.09. The second-order valence-corrected chi connectivity index (χ2v) is 5.21. The second-order valence-electron chi connectivity index (χ2n) is 4.27. The van der Waals surface area contributed by atoms with E-state index in [9.17, 15) is 0 Å². The highest BCUT2D eigenvalue weighted by Gasteiger charge is 2.40. The van der Waals surface area contributed by atoms with Gasteiger partial charge in [-0.3, -0.25) is 0 Å². The fourth-order valence-electron chi connectivity index (χ4n) is 1.84. The van der Waals surface area contributed by atoms with Gasteiger partial charge in [0.2, 0.25) is 0 Å². The summed E-state index contributed by atoms with van der Waals surface area (Å²) in [6.07, 6.45) is 2.24. The van der Waals surface area contributed by atoms with Crippen molar-refractivity contribution < 1.29 is 4.74 Å². The van der Waals surface area contributed by atoms with Gasteiger partial charge in [-0.15, -0.1) is 11.3 Å². The third-order valence-electron chi connectivity index (χ3n) is 2.88. The van der Waals surface area contributed by atoms with Crippen LogP contribution in [0, 0.1) is 0 Å². The number of hydrogen-bond donors (Lipinski definition) is 1. The molecule has 0 radical (unpaired) electrons. The van der Waals surface area contributed by atoms with Crippen molar-refractivity contribution in [3.8, 4) is 0 Å². The van der Waals surface area contributed by atoms with Crippen LogP contribution < -0.4 is 5.73 Å². The molecular weight excluding hydrogens is 194 g/mol. The van der Waals surface area contributed by atoms with Crippen LogP contribution in [-0.4, -0.2) is 19.3 Å². The van der Waals surface area contributed by atoms with Gasteiger partial charge < -0.3 is 10.5 Å². The number of hydrogen-bond acceptors (Lipinski definition) is 3. The molecule has 1 atom stereocenters. The molecule has 2 heterocycles. The SMILES string of the molecule is CC(N)CCC1(c2cccs2)COC1. The Bertz CT molecular complexity index is 277. The van der Waals surface area contributed by atoms with Crippen LogP contribution in [0.5, 0.6) is 0 Å². The summed E-state index contributed by atoms with van der Waals surface area (Å²) in [5.74, 6) is 0. The molecule has 1 unspecified atom stereocenters. The van der Waals surface area contributed by atoms with Gasteiger partial charge in [-0.2, -0.15) is 0 Å². The van der Waals surface area contributed by atoms with E-state index in [0.29, 0.717) is 11.5 Å². The van der Waals surface area contributed by atoms with Crippen molar-refractivity contribution in [2.75, 3.05) is 13.2 Å². The van der Waals surface area contributed by atoms with Gasteiger partial charge in [0.25, 0.3) is 0 Å². The van der Waals surface area contributed by atoms with Gasteiger partial charge in [0, 0.05) is 10.9 Å². The molecule has 1 aliphatic heterocycles. The lowest BCUT2D eigenvalue weighted by molar-refractivity contribution is -0.0638. The molecule has 0 saturated carbocycles. The number of thiophene rings is 1. The summed E-state index contributed by atoms with van der Waals surface area (Å²) in [7, 11) is 0. The Hall–Kier alpha value is -0.380. The third kappa shape index (κ3) is 1.85. The standard InChI is InChI=1S/C11H17NOS/c1-9(12)4-5-11(7-13-8-11)10-3-2-6-14-10/h2-3,6,9H,4-5,7-8,12H2,1H3. The lowest BCUT2D eigenvalue weighted by Gasteiger charge is -2.41. The quantitative estimate of drug-likeness (QED) is 0.828. The van der Waals surface area contributed by atoms with E-state index in [0.717, 1.165) is 26.1 Å². The zero-order chi connectivity index (χ0) is 10.0. The van der Waals surface area contributed by atoms with Gasteiger partial charge in [0.15, 0.2) is 0 Å². The molecule has 1 saturated heterocycles. The molecule has 1 aliphatic rings. The summed E-state index contributed by atoms with van der Waals surface area (Å²) < 4.78 is 5.36. The molecule has 14 heavy (non-hydrogen) atoms. The van der Waals surface area contributed by atoms with E-state index >= 15 is 0 Å². The molecule has 0 spiro atoms. The molecule has 0 amide bonds. The summed E-state index contributed by atoms with van der Waals surface area (Å²) >= 11 is 1.84. The Morgan fingerprint density at radius 3 is 2.86 bits per heavy atom.